The predicted octanol–water partition coefficient (Wildman–Crippen LogP) is 3.60. The summed E-state index contributed by atoms with van der Waals surface area (Å²) < 4.78 is 11.7. The van der Waals surface area contributed by atoms with E-state index in [-0.39, 0.29) is 0 Å². The molecule has 1 saturated heterocycles. The third-order valence-corrected chi connectivity index (χ3v) is 4.75. The van der Waals surface area contributed by atoms with Gasteiger partial charge in [-0.25, -0.2) is 0 Å². The Kier molecular flexibility index (Phi) is 4.19. The normalized spacial score (nSPS) is 27.1. The average Bonchev–Trinajstić information content (AvgIpc) is 2.50. The molecule has 0 radical (unpaired) electrons. The van der Waals surface area contributed by atoms with Crippen LogP contribution in [0.15, 0.2) is 30.3 Å². The van der Waals surface area contributed by atoms with Crippen LogP contribution in [0.2, 0.25) is 0 Å². The first-order valence-electron chi connectivity index (χ1n) is 7.62. The second-order valence-corrected chi connectivity index (χ2v) is 6.02. The molecule has 3 rings (SSSR count). The summed E-state index contributed by atoms with van der Waals surface area (Å²) in [6, 6.07) is 10.9. The lowest BCUT2D eigenvalue weighted by molar-refractivity contribution is -0.149. The molecular weight excluding hydrogens is 236 g/mol. The van der Waals surface area contributed by atoms with E-state index < -0.39 is 0 Å². The molecule has 0 aromatic heterocycles. The van der Waals surface area contributed by atoms with Crippen LogP contribution >= 0.6 is 0 Å². The summed E-state index contributed by atoms with van der Waals surface area (Å²) in [7, 11) is 0. The highest BCUT2D eigenvalue weighted by molar-refractivity contribution is 5.17. The van der Waals surface area contributed by atoms with Crippen molar-refractivity contribution < 1.29 is 9.47 Å². The minimum atomic E-state index is 0.293. The average molecular weight is 260 g/mol. The fourth-order valence-electron chi connectivity index (χ4n) is 3.71. The second-order valence-electron chi connectivity index (χ2n) is 6.02. The van der Waals surface area contributed by atoms with Gasteiger partial charge in [0.15, 0.2) is 0 Å². The summed E-state index contributed by atoms with van der Waals surface area (Å²) in [4.78, 5) is 0. The molecule has 1 atom stereocenters. The monoisotopic (exact) mass is 260 g/mol. The third kappa shape index (κ3) is 3.01. The van der Waals surface area contributed by atoms with Crippen LogP contribution in [0.4, 0.5) is 0 Å². The van der Waals surface area contributed by atoms with Gasteiger partial charge < -0.3 is 9.47 Å². The van der Waals surface area contributed by atoms with Gasteiger partial charge in [-0.15, -0.1) is 0 Å². The van der Waals surface area contributed by atoms with E-state index in [2.05, 4.69) is 30.3 Å². The molecule has 2 nitrogen and oxygen atoms in total. The van der Waals surface area contributed by atoms with Crippen molar-refractivity contribution >= 4 is 0 Å². The van der Waals surface area contributed by atoms with Crippen molar-refractivity contribution in [2.75, 3.05) is 19.8 Å². The Hall–Kier alpha value is -0.860. The highest BCUT2D eigenvalue weighted by Crippen LogP contribution is 2.44. The van der Waals surface area contributed by atoms with Crippen molar-refractivity contribution in [3.63, 3.8) is 0 Å². The zero-order valence-electron chi connectivity index (χ0n) is 11.6. The topological polar surface area (TPSA) is 18.5 Å². The first-order valence-corrected chi connectivity index (χ1v) is 7.62. The maximum absolute atomic E-state index is 6.07. The lowest BCUT2D eigenvalue weighted by Gasteiger charge is -2.45. The van der Waals surface area contributed by atoms with E-state index in [1.54, 1.807) is 0 Å². The van der Waals surface area contributed by atoms with Gasteiger partial charge in [-0.1, -0.05) is 49.6 Å². The third-order valence-electron chi connectivity index (χ3n) is 4.75. The molecule has 1 aromatic carbocycles. The van der Waals surface area contributed by atoms with Crippen molar-refractivity contribution in [2.24, 2.45) is 5.41 Å². The largest absolute Gasteiger partial charge is 0.376 e. The van der Waals surface area contributed by atoms with Crippen LogP contribution in [0, 0.1) is 5.41 Å². The first-order chi connectivity index (χ1) is 9.39. The summed E-state index contributed by atoms with van der Waals surface area (Å²) in [5, 5.41) is 0. The van der Waals surface area contributed by atoms with Crippen molar-refractivity contribution in [3.05, 3.63) is 35.9 Å². The predicted molar refractivity (Wildman–Crippen MR) is 76.2 cm³/mol. The van der Waals surface area contributed by atoms with Crippen LogP contribution in [-0.4, -0.2) is 25.9 Å². The molecule has 0 spiro atoms. The summed E-state index contributed by atoms with van der Waals surface area (Å²) in [6.45, 7) is 2.31. The van der Waals surface area contributed by atoms with Gasteiger partial charge in [-0.2, -0.15) is 0 Å². The fraction of sp³-hybridized carbons (Fsp3) is 0.647. The number of rotatable bonds is 3. The number of hydrogen-bond donors (Lipinski definition) is 0. The molecule has 1 saturated carbocycles. The van der Waals surface area contributed by atoms with E-state index in [4.69, 9.17) is 9.47 Å². The quantitative estimate of drug-likeness (QED) is 0.827. The molecule has 0 N–H and O–H groups in total. The highest BCUT2D eigenvalue weighted by Gasteiger charge is 2.41. The highest BCUT2D eigenvalue weighted by atomic mass is 16.6. The SMILES string of the molecule is c1ccc(CC2(C3COCCO3)CCCCC2)cc1. The van der Waals surface area contributed by atoms with Crippen LogP contribution in [0.25, 0.3) is 0 Å². The summed E-state index contributed by atoms with van der Waals surface area (Å²) in [5.41, 5.74) is 1.75. The Morgan fingerprint density at radius 3 is 2.47 bits per heavy atom. The van der Waals surface area contributed by atoms with Crippen molar-refractivity contribution in [2.45, 2.75) is 44.6 Å². The van der Waals surface area contributed by atoms with Crippen molar-refractivity contribution in [3.8, 4) is 0 Å². The molecular formula is C17H24O2. The van der Waals surface area contributed by atoms with Gasteiger partial charge in [0, 0.05) is 5.41 Å². The molecule has 104 valence electrons. The Morgan fingerprint density at radius 1 is 1.00 bits per heavy atom. The molecule has 2 heteroatoms. The molecule has 1 aromatic rings. The lowest BCUT2D eigenvalue weighted by Crippen LogP contribution is -2.46. The van der Waals surface area contributed by atoms with Gasteiger partial charge in [-0.3, -0.25) is 0 Å². The van der Waals surface area contributed by atoms with Gasteiger partial charge in [-0.05, 0) is 24.8 Å². The van der Waals surface area contributed by atoms with E-state index in [1.165, 1.54) is 37.7 Å². The zero-order chi connectivity index (χ0) is 13.0. The Bertz CT molecular complexity index is 376. The minimum absolute atomic E-state index is 0.293. The van der Waals surface area contributed by atoms with Gasteiger partial charge in [0.2, 0.25) is 0 Å². The Balaban J connectivity index is 1.79. The maximum atomic E-state index is 6.07. The lowest BCUT2D eigenvalue weighted by atomic mass is 9.66. The molecule has 19 heavy (non-hydrogen) atoms. The van der Waals surface area contributed by atoms with Crippen LogP contribution in [0.1, 0.15) is 37.7 Å². The van der Waals surface area contributed by atoms with E-state index >= 15 is 0 Å². The van der Waals surface area contributed by atoms with Crippen LogP contribution in [-0.2, 0) is 15.9 Å². The maximum Gasteiger partial charge on any atom is 0.0868 e. The molecule has 0 bridgehead atoms. The van der Waals surface area contributed by atoms with Gasteiger partial charge in [0.25, 0.3) is 0 Å². The summed E-state index contributed by atoms with van der Waals surface area (Å²) >= 11 is 0. The fourth-order valence-corrected chi connectivity index (χ4v) is 3.71. The van der Waals surface area contributed by atoms with Crippen molar-refractivity contribution in [1.29, 1.82) is 0 Å². The van der Waals surface area contributed by atoms with Gasteiger partial charge in [0.05, 0.1) is 25.9 Å². The number of hydrogen-bond acceptors (Lipinski definition) is 2. The molecule has 1 aliphatic heterocycles. The van der Waals surface area contributed by atoms with E-state index in [0.717, 1.165) is 26.2 Å². The molecule has 1 unspecified atom stereocenters. The molecule has 2 aliphatic rings. The Labute approximate surface area is 116 Å². The smallest absolute Gasteiger partial charge is 0.0868 e. The molecule has 0 amide bonds. The molecule has 1 heterocycles. The van der Waals surface area contributed by atoms with Crippen LogP contribution in [0.3, 0.4) is 0 Å². The van der Waals surface area contributed by atoms with E-state index in [1.807, 2.05) is 0 Å². The Morgan fingerprint density at radius 2 is 1.79 bits per heavy atom. The standard InChI is InChI=1S/C17H24O2/c1-3-7-15(8-4-1)13-17(9-5-2-6-10-17)16-14-18-11-12-19-16/h1,3-4,7-8,16H,2,5-6,9-14H2. The molecule has 2 fully saturated rings. The van der Waals surface area contributed by atoms with Crippen molar-refractivity contribution in [1.82, 2.24) is 0 Å². The summed E-state index contributed by atoms with van der Waals surface area (Å²) in [6.07, 6.45) is 8.07. The summed E-state index contributed by atoms with van der Waals surface area (Å²) in [5.74, 6) is 0. The number of ether oxygens (including phenoxy) is 2. The van der Waals surface area contributed by atoms with E-state index in [9.17, 15) is 0 Å². The van der Waals surface area contributed by atoms with Gasteiger partial charge >= 0.3 is 0 Å². The van der Waals surface area contributed by atoms with E-state index in [0.29, 0.717) is 11.5 Å². The minimum Gasteiger partial charge on any atom is -0.376 e. The van der Waals surface area contributed by atoms with Crippen LogP contribution < -0.4 is 0 Å². The van der Waals surface area contributed by atoms with Gasteiger partial charge in [0.1, 0.15) is 0 Å². The zero-order valence-corrected chi connectivity index (χ0v) is 11.6. The molecule has 1 aliphatic carbocycles. The second kappa shape index (κ2) is 6.06. The van der Waals surface area contributed by atoms with Crippen LogP contribution in [0.5, 0.6) is 0 Å². The first kappa shape index (κ1) is 13.1. The number of benzene rings is 1.